The number of hydrogen-bond donors (Lipinski definition) is 0. The van der Waals surface area contributed by atoms with Crippen LogP contribution in [0.4, 0.5) is 0 Å². The van der Waals surface area contributed by atoms with Crippen LogP contribution < -0.4 is 0 Å². The van der Waals surface area contributed by atoms with Crippen LogP contribution in [0.1, 0.15) is 110 Å². The van der Waals surface area contributed by atoms with Gasteiger partial charge < -0.3 is 0 Å². The summed E-state index contributed by atoms with van der Waals surface area (Å²) in [5, 5.41) is 0. The molecule has 0 amide bonds. The molecule has 0 aromatic heterocycles. The molecule has 3 aliphatic rings. The Labute approximate surface area is 166 Å². The molecule has 0 heterocycles. The number of hydrogen-bond acceptors (Lipinski definition) is 2. The van der Waals surface area contributed by atoms with E-state index in [4.69, 9.17) is 4.74 Å². The van der Waals surface area contributed by atoms with Crippen LogP contribution in [0.3, 0.4) is 0 Å². The fourth-order valence-electron chi connectivity index (χ4n) is 7.13. The van der Waals surface area contributed by atoms with Gasteiger partial charge in [-0.2, -0.15) is 0 Å². The van der Waals surface area contributed by atoms with E-state index in [1.54, 1.807) is 45.4 Å². The molecule has 0 aromatic rings. The molecule has 0 aliphatic heterocycles. The van der Waals surface area contributed by atoms with E-state index in [2.05, 4.69) is 0 Å². The van der Waals surface area contributed by atoms with Gasteiger partial charge in [0.2, 0.25) is 0 Å². The van der Waals surface area contributed by atoms with Crippen LogP contribution in [0.25, 0.3) is 0 Å². The molecule has 0 N–H and O–H groups in total. The number of carbonyl (C=O) groups is 1. The molecule has 0 radical (unpaired) electrons. The number of esters is 1. The third-order valence-corrected chi connectivity index (χ3v) is 29.6. The van der Waals surface area contributed by atoms with Crippen molar-refractivity contribution in [3.63, 3.8) is 0 Å². The quantitative estimate of drug-likeness (QED) is 0.221. The second-order valence-corrected chi connectivity index (χ2v) is 24.3. The van der Waals surface area contributed by atoms with Crippen molar-refractivity contribution in [2.24, 2.45) is 0 Å². The molecule has 3 fully saturated rings. The van der Waals surface area contributed by atoms with Crippen molar-refractivity contribution < 1.29 is 9.53 Å². The molecule has 2 nitrogen and oxygen atoms in total. The SMILES string of the molecule is CC(=O)OCC[CH2][Sn]([CH]1CCCCC1)([CH]1CCCCC1)[CH]1CCCCC1. The third-order valence-electron chi connectivity index (χ3n) is 8.16. The van der Waals surface area contributed by atoms with Crippen molar-refractivity contribution in [1.29, 1.82) is 0 Å². The van der Waals surface area contributed by atoms with Crippen molar-refractivity contribution in [1.82, 2.24) is 0 Å². The Morgan fingerprint density at radius 1 is 0.731 bits per heavy atom. The second kappa shape index (κ2) is 10.7. The van der Waals surface area contributed by atoms with Gasteiger partial charge in [-0.25, -0.2) is 0 Å². The standard InChI is InChI=1S/3C6H11.C5H9O2.Sn/c3*1-2-4-6-5-3-1;1-3-4-7-5(2)6;/h3*1H,2-6H2;1,3-4H2,2H3;. The Hall–Kier alpha value is 0.269. The first-order chi connectivity index (χ1) is 12.7. The van der Waals surface area contributed by atoms with Gasteiger partial charge in [0.15, 0.2) is 0 Å². The summed E-state index contributed by atoms with van der Waals surface area (Å²) in [5.74, 6) is -0.0844. The average molecular weight is 469 g/mol. The molecule has 3 heteroatoms. The first-order valence-corrected chi connectivity index (χ1v) is 18.8. The summed E-state index contributed by atoms with van der Waals surface area (Å²) in [6.07, 6.45) is 24.1. The molecule has 3 aliphatic carbocycles. The van der Waals surface area contributed by atoms with E-state index in [0.29, 0.717) is 6.61 Å². The topological polar surface area (TPSA) is 26.3 Å². The van der Waals surface area contributed by atoms with Gasteiger partial charge in [-0.05, 0) is 0 Å². The first-order valence-electron chi connectivity index (χ1n) is 11.9. The molecule has 3 rings (SSSR count). The Balaban J connectivity index is 1.82. The molecule has 26 heavy (non-hydrogen) atoms. The van der Waals surface area contributed by atoms with Gasteiger partial charge in [-0.15, -0.1) is 0 Å². The Bertz CT molecular complexity index is 372. The minimum atomic E-state index is -2.34. The monoisotopic (exact) mass is 470 g/mol. The van der Waals surface area contributed by atoms with Gasteiger partial charge in [-0.1, -0.05) is 0 Å². The molecule has 0 spiro atoms. The van der Waals surface area contributed by atoms with Gasteiger partial charge in [0.1, 0.15) is 0 Å². The minimum absolute atomic E-state index is 0.0844. The van der Waals surface area contributed by atoms with Gasteiger partial charge >= 0.3 is 166 Å². The summed E-state index contributed by atoms with van der Waals surface area (Å²) in [5.41, 5.74) is 0. The summed E-state index contributed by atoms with van der Waals surface area (Å²) >= 11 is -2.34. The molecule has 0 bridgehead atoms. The molecular formula is C23H42O2Sn. The summed E-state index contributed by atoms with van der Waals surface area (Å²) in [7, 11) is 0. The van der Waals surface area contributed by atoms with Gasteiger partial charge in [0.25, 0.3) is 0 Å². The van der Waals surface area contributed by atoms with E-state index in [1.165, 1.54) is 68.6 Å². The maximum atomic E-state index is 11.3. The van der Waals surface area contributed by atoms with Crippen LogP contribution in [0.15, 0.2) is 0 Å². The Morgan fingerprint density at radius 2 is 1.12 bits per heavy atom. The second-order valence-electron chi connectivity index (χ2n) is 9.56. The predicted octanol–water partition coefficient (Wildman–Crippen LogP) is 7.39. The van der Waals surface area contributed by atoms with E-state index in [1.807, 2.05) is 0 Å². The molecular weight excluding hydrogens is 427 g/mol. The van der Waals surface area contributed by atoms with E-state index >= 15 is 0 Å². The molecule has 0 saturated heterocycles. The van der Waals surface area contributed by atoms with Crippen LogP contribution in [0.2, 0.25) is 16.2 Å². The van der Waals surface area contributed by atoms with Crippen molar-refractivity contribution in [3.8, 4) is 0 Å². The van der Waals surface area contributed by atoms with Crippen molar-refractivity contribution >= 4 is 24.3 Å². The average Bonchev–Trinajstić information content (AvgIpc) is 2.70. The summed E-state index contributed by atoms with van der Waals surface area (Å²) < 4.78 is 10.4. The maximum absolute atomic E-state index is 11.3. The number of ether oxygens (including phenoxy) is 1. The fraction of sp³-hybridized carbons (Fsp3) is 0.957. The molecule has 0 unspecified atom stereocenters. The van der Waals surface area contributed by atoms with Gasteiger partial charge in [-0.3, -0.25) is 0 Å². The first kappa shape index (κ1) is 21.0. The van der Waals surface area contributed by atoms with Crippen LogP contribution >= 0.6 is 0 Å². The molecule has 0 aromatic carbocycles. The summed E-state index contributed by atoms with van der Waals surface area (Å²) in [6, 6.07) is 0. The van der Waals surface area contributed by atoms with Crippen molar-refractivity contribution in [2.45, 2.75) is 126 Å². The normalized spacial score (nSPS) is 24.5. The predicted molar refractivity (Wildman–Crippen MR) is 112 cm³/mol. The van der Waals surface area contributed by atoms with Gasteiger partial charge in [0.05, 0.1) is 0 Å². The Morgan fingerprint density at radius 3 is 1.46 bits per heavy atom. The molecule has 3 saturated carbocycles. The van der Waals surface area contributed by atoms with Crippen molar-refractivity contribution in [2.75, 3.05) is 6.61 Å². The van der Waals surface area contributed by atoms with Crippen LogP contribution in [-0.4, -0.2) is 31.0 Å². The summed E-state index contributed by atoms with van der Waals surface area (Å²) in [6.45, 7) is 2.26. The zero-order chi connectivity index (χ0) is 18.2. The zero-order valence-electron chi connectivity index (χ0n) is 17.3. The van der Waals surface area contributed by atoms with Crippen LogP contribution in [0.5, 0.6) is 0 Å². The third kappa shape index (κ3) is 5.20. The zero-order valence-corrected chi connectivity index (χ0v) is 20.1. The van der Waals surface area contributed by atoms with E-state index in [-0.39, 0.29) is 5.97 Å². The fourth-order valence-corrected chi connectivity index (χ4v) is 31.2. The Kier molecular flexibility index (Phi) is 8.65. The number of carbonyl (C=O) groups excluding carboxylic acids is 1. The molecule has 150 valence electrons. The van der Waals surface area contributed by atoms with Gasteiger partial charge in [0, 0.05) is 0 Å². The van der Waals surface area contributed by atoms with Crippen molar-refractivity contribution in [3.05, 3.63) is 0 Å². The van der Waals surface area contributed by atoms with Crippen LogP contribution in [0, 0.1) is 0 Å². The summed E-state index contributed by atoms with van der Waals surface area (Å²) in [4.78, 5) is 11.3. The number of rotatable bonds is 7. The molecule has 0 atom stereocenters. The van der Waals surface area contributed by atoms with E-state index in [0.717, 1.165) is 11.8 Å². The van der Waals surface area contributed by atoms with Crippen LogP contribution in [-0.2, 0) is 9.53 Å². The van der Waals surface area contributed by atoms with E-state index in [9.17, 15) is 4.79 Å². The van der Waals surface area contributed by atoms with E-state index < -0.39 is 18.4 Å².